The number of hydrogen-bond donors (Lipinski definition) is 4. The summed E-state index contributed by atoms with van der Waals surface area (Å²) in [5, 5.41) is 35.6. The average Bonchev–Trinajstić information content (AvgIpc) is 3.27. The summed E-state index contributed by atoms with van der Waals surface area (Å²) in [6.07, 6.45) is 3.90. The zero-order valence-electron chi connectivity index (χ0n) is 16.9. The number of hydrogen-bond acceptors (Lipinski definition) is 8. The van der Waals surface area contributed by atoms with Crippen LogP contribution in [0.4, 0.5) is 5.95 Å². The first-order valence-electron chi connectivity index (χ1n) is 9.71. The standard InChI is InChI=1S/C20H25N7O3/c1-12(2)17(19(29)30)16(18-24-26-27-25-18)9-13-3-5-14(6-4-13)15-10-22-20(23-11-15)21-7-8-28/h3-6,10-12,16-17,28H,7-9H2,1-2H3,(H,29,30)(H,21,22,23)(H,24,25,26,27)/t16-,17?/m0/s1. The third kappa shape index (κ3) is 5.15. The van der Waals surface area contributed by atoms with E-state index in [2.05, 4.69) is 35.9 Å². The molecular formula is C20H25N7O3. The van der Waals surface area contributed by atoms with Gasteiger partial charge in [-0.1, -0.05) is 43.3 Å². The molecule has 0 bridgehead atoms. The number of aromatic nitrogens is 6. The molecule has 0 aliphatic rings. The van der Waals surface area contributed by atoms with Crippen molar-refractivity contribution in [2.45, 2.75) is 26.2 Å². The molecule has 10 heteroatoms. The number of aliphatic hydroxyl groups excluding tert-OH is 1. The van der Waals surface area contributed by atoms with Crippen LogP contribution in [0.25, 0.3) is 11.1 Å². The largest absolute Gasteiger partial charge is 0.481 e. The molecule has 0 saturated carbocycles. The molecule has 0 aliphatic heterocycles. The van der Waals surface area contributed by atoms with Crippen LogP contribution in [-0.2, 0) is 11.2 Å². The molecule has 3 rings (SSSR count). The lowest BCUT2D eigenvalue weighted by atomic mass is 9.79. The van der Waals surface area contributed by atoms with E-state index in [0.717, 1.165) is 16.7 Å². The topological polar surface area (TPSA) is 150 Å². The number of benzene rings is 1. The smallest absolute Gasteiger partial charge is 0.307 e. The van der Waals surface area contributed by atoms with Gasteiger partial charge in [-0.05, 0) is 23.5 Å². The zero-order valence-corrected chi connectivity index (χ0v) is 16.9. The summed E-state index contributed by atoms with van der Waals surface area (Å²) in [4.78, 5) is 20.3. The Bertz CT molecular complexity index is 928. The normalized spacial score (nSPS) is 13.2. The minimum absolute atomic E-state index is 0.0109. The molecule has 0 spiro atoms. The van der Waals surface area contributed by atoms with Crippen LogP contribution in [0.15, 0.2) is 36.7 Å². The maximum absolute atomic E-state index is 11.9. The number of tetrazole rings is 1. The maximum Gasteiger partial charge on any atom is 0.307 e. The molecule has 2 aromatic heterocycles. The summed E-state index contributed by atoms with van der Waals surface area (Å²) in [5.41, 5.74) is 2.78. The molecule has 2 heterocycles. The van der Waals surface area contributed by atoms with Gasteiger partial charge in [-0.2, -0.15) is 5.21 Å². The van der Waals surface area contributed by atoms with Gasteiger partial charge in [-0.15, -0.1) is 10.2 Å². The van der Waals surface area contributed by atoms with Gasteiger partial charge < -0.3 is 15.5 Å². The SMILES string of the molecule is CC(C)C(C(=O)O)[C@H](Cc1ccc(-c2cnc(NCCO)nc2)cc1)c1nn[nH]n1. The Labute approximate surface area is 173 Å². The highest BCUT2D eigenvalue weighted by molar-refractivity contribution is 5.71. The number of rotatable bonds is 10. The number of anilines is 1. The minimum Gasteiger partial charge on any atom is -0.481 e. The van der Waals surface area contributed by atoms with Crippen molar-refractivity contribution >= 4 is 11.9 Å². The summed E-state index contributed by atoms with van der Waals surface area (Å²) in [5.74, 6) is -1.12. The quantitative estimate of drug-likeness (QED) is 0.391. The van der Waals surface area contributed by atoms with Gasteiger partial charge in [0.2, 0.25) is 5.95 Å². The van der Waals surface area contributed by atoms with Crippen molar-refractivity contribution < 1.29 is 15.0 Å². The van der Waals surface area contributed by atoms with Crippen molar-refractivity contribution in [3.05, 3.63) is 48.0 Å². The van der Waals surface area contributed by atoms with Gasteiger partial charge in [0.05, 0.1) is 12.5 Å². The van der Waals surface area contributed by atoms with Gasteiger partial charge in [-0.25, -0.2) is 9.97 Å². The van der Waals surface area contributed by atoms with Crippen molar-refractivity contribution in [1.29, 1.82) is 0 Å². The Morgan fingerprint density at radius 3 is 2.37 bits per heavy atom. The van der Waals surface area contributed by atoms with E-state index >= 15 is 0 Å². The van der Waals surface area contributed by atoms with E-state index in [9.17, 15) is 9.90 Å². The maximum atomic E-state index is 11.9. The fourth-order valence-corrected chi connectivity index (χ4v) is 3.45. The second-order valence-electron chi connectivity index (χ2n) is 7.33. The number of aromatic amines is 1. The van der Waals surface area contributed by atoms with E-state index in [-0.39, 0.29) is 12.5 Å². The predicted octanol–water partition coefficient (Wildman–Crippen LogP) is 1.74. The molecule has 0 saturated heterocycles. The Balaban J connectivity index is 1.78. The molecule has 0 fully saturated rings. The van der Waals surface area contributed by atoms with Crippen molar-refractivity contribution in [2.75, 3.05) is 18.5 Å². The van der Waals surface area contributed by atoms with Crippen LogP contribution >= 0.6 is 0 Å². The van der Waals surface area contributed by atoms with E-state index in [1.807, 2.05) is 38.1 Å². The average molecular weight is 411 g/mol. The van der Waals surface area contributed by atoms with Crippen molar-refractivity contribution in [2.24, 2.45) is 11.8 Å². The number of nitrogens with zero attached hydrogens (tertiary/aromatic N) is 5. The number of carbonyl (C=O) groups is 1. The van der Waals surface area contributed by atoms with E-state index in [0.29, 0.717) is 24.7 Å². The van der Waals surface area contributed by atoms with Crippen LogP contribution in [0.3, 0.4) is 0 Å². The number of carboxylic acids is 1. The predicted molar refractivity (Wildman–Crippen MR) is 110 cm³/mol. The minimum atomic E-state index is -0.872. The van der Waals surface area contributed by atoms with Gasteiger partial charge in [0.25, 0.3) is 0 Å². The number of aliphatic hydroxyl groups is 1. The monoisotopic (exact) mass is 411 g/mol. The first-order valence-corrected chi connectivity index (χ1v) is 9.71. The number of nitrogens with one attached hydrogen (secondary N) is 2. The summed E-state index contributed by atoms with van der Waals surface area (Å²) < 4.78 is 0. The van der Waals surface area contributed by atoms with E-state index in [4.69, 9.17) is 5.11 Å². The summed E-state index contributed by atoms with van der Waals surface area (Å²) >= 11 is 0. The highest BCUT2D eigenvalue weighted by atomic mass is 16.4. The third-order valence-corrected chi connectivity index (χ3v) is 4.92. The zero-order chi connectivity index (χ0) is 21.5. The summed E-state index contributed by atoms with van der Waals surface area (Å²) in [6.45, 7) is 4.17. The van der Waals surface area contributed by atoms with Crippen molar-refractivity contribution in [3.63, 3.8) is 0 Å². The van der Waals surface area contributed by atoms with E-state index in [1.165, 1.54) is 0 Å². The molecule has 0 aliphatic carbocycles. The Morgan fingerprint density at radius 1 is 1.13 bits per heavy atom. The molecule has 3 aromatic rings. The number of carboxylic acid groups (broad SMARTS) is 1. The van der Waals surface area contributed by atoms with Gasteiger partial charge in [0.1, 0.15) is 0 Å². The molecule has 2 atom stereocenters. The van der Waals surface area contributed by atoms with Crippen LogP contribution in [0, 0.1) is 11.8 Å². The second kappa shape index (κ2) is 9.88. The molecule has 4 N–H and O–H groups in total. The Hall–Kier alpha value is -3.40. The first kappa shape index (κ1) is 21.3. The Kier molecular flexibility index (Phi) is 7.02. The first-order chi connectivity index (χ1) is 14.5. The fraction of sp³-hybridized carbons (Fsp3) is 0.400. The Morgan fingerprint density at radius 2 is 1.83 bits per heavy atom. The van der Waals surface area contributed by atoms with Crippen LogP contribution in [-0.4, -0.2) is 59.9 Å². The molecule has 30 heavy (non-hydrogen) atoms. The van der Waals surface area contributed by atoms with Crippen LogP contribution in [0.5, 0.6) is 0 Å². The van der Waals surface area contributed by atoms with Crippen LogP contribution in [0.2, 0.25) is 0 Å². The molecule has 158 valence electrons. The van der Waals surface area contributed by atoms with Crippen LogP contribution < -0.4 is 5.32 Å². The van der Waals surface area contributed by atoms with E-state index in [1.54, 1.807) is 12.4 Å². The lowest BCUT2D eigenvalue weighted by Crippen LogP contribution is -2.29. The lowest BCUT2D eigenvalue weighted by molar-refractivity contribution is -0.144. The van der Waals surface area contributed by atoms with Gasteiger partial charge >= 0.3 is 5.97 Å². The summed E-state index contributed by atoms with van der Waals surface area (Å²) in [6, 6.07) is 7.82. The van der Waals surface area contributed by atoms with Gasteiger partial charge in [0, 0.05) is 30.4 Å². The summed E-state index contributed by atoms with van der Waals surface area (Å²) in [7, 11) is 0. The third-order valence-electron chi connectivity index (χ3n) is 4.92. The lowest BCUT2D eigenvalue weighted by Gasteiger charge is -2.24. The second-order valence-corrected chi connectivity index (χ2v) is 7.33. The molecule has 0 amide bonds. The number of H-pyrrole nitrogens is 1. The highest BCUT2D eigenvalue weighted by Crippen LogP contribution is 2.32. The van der Waals surface area contributed by atoms with Gasteiger partial charge in [-0.3, -0.25) is 4.79 Å². The highest BCUT2D eigenvalue weighted by Gasteiger charge is 2.34. The molecule has 10 nitrogen and oxygen atoms in total. The van der Waals surface area contributed by atoms with Crippen molar-refractivity contribution in [3.8, 4) is 11.1 Å². The molecule has 1 aromatic carbocycles. The van der Waals surface area contributed by atoms with Crippen LogP contribution in [0.1, 0.15) is 31.2 Å². The molecule has 1 unspecified atom stereocenters. The molecular weight excluding hydrogens is 386 g/mol. The fourth-order valence-electron chi connectivity index (χ4n) is 3.45. The molecule has 0 radical (unpaired) electrons. The number of aliphatic carboxylic acids is 1. The van der Waals surface area contributed by atoms with Crippen molar-refractivity contribution in [1.82, 2.24) is 30.6 Å². The van der Waals surface area contributed by atoms with Gasteiger partial charge in [0.15, 0.2) is 5.82 Å². The van der Waals surface area contributed by atoms with E-state index < -0.39 is 17.8 Å².